The fraction of sp³-hybridized carbons (Fsp3) is 0.286. The summed E-state index contributed by atoms with van der Waals surface area (Å²) < 4.78 is 0. The molecule has 0 aliphatic carbocycles. The highest BCUT2D eigenvalue weighted by molar-refractivity contribution is 7.80. The Morgan fingerprint density at radius 2 is 2.05 bits per heavy atom. The van der Waals surface area contributed by atoms with Gasteiger partial charge in [-0.3, -0.25) is 10.1 Å². The van der Waals surface area contributed by atoms with Gasteiger partial charge in [-0.2, -0.15) is 0 Å². The highest BCUT2D eigenvalue weighted by atomic mass is 35.5. The molecular weight excluding hydrogens is 280 g/mol. The zero-order valence-corrected chi connectivity index (χ0v) is 12.5. The third kappa shape index (κ3) is 6.36. The Bertz CT molecular complexity index is 471. The van der Waals surface area contributed by atoms with E-state index in [-0.39, 0.29) is 11.9 Å². The number of rotatable bonds is 4. The van der Waals surface area contributed by atoms with Crippen LogP contribution in [0.25, 0.3) is 6.08 Å². The minimum absolute atomic E-state index is 0.244. The van der Waals surface area contributed by atoms with Crippen molar-refractivity contribution in [2.24, 2.45) is 0 Å². The average molecular weight is 297 g/mol. The van der Waals surface area contributed by atoms with E-state index in [9.17, 15) is 4.79 Å². The number of nitrogens with one attached hydrogen (secondary N) is 2. The van der Waals surface area contributed by atoms with Gasteiger partial charge in [-0.25, -0.2) is 0 Å². The molecule has 0 radical (unpaired) electrons. The maximum atomic E-state index is 11.6. The molecular formula is C14H17ClN2OS. The number of carbonyl (C=O) groups is 1. The molecule has 2 N–H and O–H groups in total. The maximum absolute atomic E-state index is 11.6. The summed E-state index contributed by atoms with van der Waals surface area (Å²) in [5.41, 5.74) is 0.903. The van der Waals surface area contributed by atoms with Crippen LogP contribution in [0, 0.1) is 0 Å². The quantitative estimate of drug-likeness (QED) is 0.662. The first-order valence-corrected chi connectivity index (χ1v) is 6.85. The van der Waals surface area contributed by atoms with E-state index in [4.69, 9.17) is 23.8 Å². The minimum atomic E-state index is -0.254. The smallest absolute Gasteiger partial charge is 0.250 e. The Morgan fingerprint density at radius 1 is 1.42 bits per heavy atom. The SMILES string of the molecule is CCC(C)NC(=S)NC(=O)/C=C/c1ccc(Cl)cc1. The first kappa shape index (κ1) is 15.7. The lowest BCUT2D eigenvalue weighted by atomic mass is 10.2. The lowest BCUT2D eigenvalue weighted by Gasteiger charge is -2.13. The van der Waals surface area contributed by atoms with E-state index >= 15 is 0 Å². The van der Waals surface area contributed by atoms with Crippen molar-refractivity contribution in [3.8, 4) is 0 Å². The van der Waals surface area contributed by atoms with Crippen LogP contribution in [0.5, 0.6) is 0 Å². The van der Waals surface area contributed by atoms with Crippen LogP contribution in [-0.2, 0) is 4.79 Å². The van der Waals surface area contributed by atoms with Gasteiger partial charge in [-0.1, -0.05) is 30.7 Å². The number of hydrogen-bond donors (Lipinski definition) is 2. The molecule has 1 amide bonds. The standard InChI is InChI=1S/C14H17ClN2OS/c1-3-10(2)16-14(19)17-13(18)9-6-11-4-7-12(15)8-5-11/h4-10H,3H2,1-2H3,(H2,16,17,18,19)/b9-6+. The van der Waals surface area contributed by atoms with Crippen LogP contribution in [0.1, 0.15) is 25.8 Å². The van der Waals surface area contributed by atoms with Crippen molar-refractivity contribution in [2.75, 3.05) is 0 Å². The van der Waals surface area contributed by atoms with Crippen molar-refractivity contribution < 1.29 is 4.79 Å². The van der Waals surface area contributed by atoms with Gasteiger partial charge in [0, 0.05) is 17.1 Å². The van der Waals surface area contributed by atoms with Crippen LogP contribution in [0.2, 0.25) is 5.02 Å². The fourth-order valence-corrected chi connectivity index (χ4v) is 1.69. The van der Waals surface area contributed by atoms with Crippen molar-refractivity contribution in [1.29, 1.82) is 0 Å². The van der Waals surface area contributed by atoms with Crippen molar-refractivity contribution in [3.05, 3.63) is 40.9 Å². The van der Waals surface area contributed by atoms with E-state index in [1.165, 1.54) is 6.08 Å². The molecule has 1 aromatic carbocycles. The normalized spacial score (nSPS) is 12.2. The molecule has 102 valence electrons. The molecule has 5 heteroatoms. The zero-order valence-electron chi connectivity index (χ0n) is 10.9. The molecule has 1 aromatic rings. The van der Waals surface area contributed by atoms with Gasteiger partial charge in [-0.15, -0.1) is 0 Å². The van der Waals surface area contributed by atoms with Gasteiger partial charge in [-0.05, 0) is 49.3 Å². The molecule has 0 aliphatic heterocycles. The van der Waals surface area contributed by atoms with E-state index in [1.807, 2.05) is 26.0 Å². The summed E-state index contributed by atoms with van der Waals surface area (Å²) in [5, 5.41) is 6.62. The second-order valence-corrected chi connectivity index (χ2v) is 5.00. The lowest BCUT2D eigenvalue weighted by Crippen LogP contribution is -2.42. The van der Waals surface area contributed by atoms with Crippen molar-refractivity contribution in [3.63, 3.8) is 0 Å². The maximum Gasteiger partial charge on any atom is 0.250 e. The number of amides is 1. The predicted molar refractivity (Wildman–Crippen MR) is 84.1 cm³/mol. The second kappa shape index (κ2) is 7.92. The van der Waals surface area contributed by atoms with Crippen molar-refractivity contribution in [2.45, 2.75) is 26.3 Å². The Balaban J connectivity index is 2.46. The molecule has 1 rings (SSSR count). The monoisotopic (exact) mass is 296 g/mol. The molecule has 0 heterocycles. The molecule has 0 saturated heterocycles. The van der Waals surface area contributed by atoms with E-state index < -0.39 is 0 Å². The van der Waals surface area contributed by atoms with Crippen LogP contribution in [0.3, 0.4) is 0 Å². The Morgan fingerprint density at radius 3 is 2.63 bits per heavy atom. The Kier molecular flexibility index (Phi) is 6.53. The summed E-state index contributed by atoms with van der Waals surface area (Å²) in [5.74, 6) is -0.254. The molecule has 1 atom stereocenters. The van der Waals surface area contributed by atoms with E-state index in [1.54, 1.807) is 18.2 Å². The van der Waals surface area contributed by atoms with Crippen LogP contribution in [0.4, 0.5) is 0 Å². The summed E-state index contributed by atoms with van der Waals surface area (Å²) in [7, 11) is 0. The molecule has 19 heavy (non-hydrogen) atoms. The first-order valence-electron chi connectivity index (χ1n) is 6.06. The average Bonchev–Trinajstić information content (AvgIpc) is 2.37. The summed E-state index contributed by atoms with van der Waals surface area (Å²) in [6.45, 7) is 4.05. The summed E-state index contributed by atoms with van der Waals surface area (Å²) in [6.07, 6.45) is 4.09. The highest BCUT2D eigenvalue weighted by Crippen LogP contribution is 2.10. The molecule has 0 aromatic heterocycles. The fourth-order valence-electron chi connectivity index (χ4n) is 1.26. The van der Waals surface area contributed by atoms with Crippen LogP contribution in [0.15, 0.2) is 30.3 Å². The Labute approximate surface area is 124 Å². The van der Waals surface area contributed by atoms with Gasteiger partial charge >= 0.3 is 0 Å². The van der Waals surface area contributed by atoms with E-state index in [0.717, 1.165) is 12.0 Å². The van der Waals surface area contributed by atoms with Crippen LogP contribution in [-0.4, -0.2) is 17.1 Å². The summed E-state index contributed by atoms with van der Waals surface area (Å²) in [4.78, 5) is 11.6. The lowest BCUT2D eigenvalue weighted by molar-refractivity contribution is -0.115. The third-order valence-electron chi connectivity index (χ3n) is 2.52. The topological polar surface area (TPSA) is 41.1 Å². The largest absolute Gasteiger partial charge is 0.360 e. The number of hydrogen-bond acceptors (Lipinski definition) is 2. The minimum Gasteiger partial charge on any atom is -0.360 e. The second-order valence-electron chi connectivity index (χ2n) is 4.16. The number of halogens is 1. The van der Waals surface area contributed by atoms with E-state index in [0.29, 0.717) is 10.1 Å². The summed E-state index contributed by atoms with van der Waals surface area (Å²) >= 11 is 10.8. The highest BCUT2D eigenvalue weighted by Gasteiger charge is 2.03. The van der Waals surface area contributed by atoms with Crippen LogP contribution < -0.4 is 10.6 Å². The van der Waals surface area contributed by atoms with Crippen molar-refractivity contribution >= 4 is 40.9 Å². The molecule has 0 fully saturated rings. The van der Waals surface area contributed by atoms with Gasteiger partial charge in [0.1, 0.15) is 0 Å². The number of thiocarbonyl (C=S) groups is 1. The number of carbonyl (C=O) groups excluding carboxylic acids is 1. The molecule has 0 aliphatic rings. The van der Waals surface area contributed by atoms with Crippen molar-refractivity contribution in [1.82, 2.24) is 10.6 Å². The van der Waals surface area contributed by atoms with Gasteiger partial charge in [0.05, 0.1) is 0 Å². The number of benzene rings is 1. The molecule has 1 unspecified atom stereocenters. The van der Waals surface area contributed by atoms with Gasteiger partial charge < -0.3 is 5.32 Å². The van der Waals surface area contributed by atoms with Gasteiger partial charge in [0.15, 0.2) is 5.11 Å². The molecule has 0 bridgehead atoms. The first-order chi connectivity index (χ1) is 9.01. The molecule has 3 nitrogen and oxygen atoms in total. The van der Waals surface area contributed by atoms with E-state index in [2.05, 4.69) is 10.6 Å². The zero-order chi connectivity index (χ0) is 14.3. The Hall–Kier alpha value is -1.39. The summed E-state index contributed by atoms with van der Waals surface area (Å²) in [6, 6.07) is 7.46. The molecule has 0 saturated carbocycles. The van der Waals surface area contributed by atoms with Gasteiger partial charge in [0.25, 0.3) is 0 Å². The third-order valence-corrected chi connectivity index (χ3v) is 3.00. The van der Waals surface area contributed by atoms with Gasteiger partial charge in [0.2, 0.25) is 5.91 Å². The molecule has 0 spiro atoms. The predicted octanol–water partition coefficient (Wildman–Crippen LogP) is 3.14. The van der Waals surface area contributed by atoms with Crippen LogP contribution >= 0.6 is 23.8 Å².